The van der Waals surface area contributed by atoms with Crippen LogP contribution >= 0.6 is 12.2 Å². The molecular weight excluding hydrogens is 315 g/mol. The number of hydrogen-bond acceptors (Lipinski definition) is 4. The summed E-state index contributed by atoms with van der Waals surface area (Å²) in [5.74, 6) is 0.937. The Morgan fingerprint density at radius 1 is 1.26 bits per heavy atom. The van der Waals surface area contributed by atoms with E-state index in [4.69, 9.17) is 17.0 Å². The molecule has 0 unspecified atom stereocenters. The monoisotopic (exact) mass is 328 g/mol. The van der Waals surface area contributed by atoms with Gasteiger partial charge in [-0.1, -0.05) is 12.1 Å². The Labute approximate surface area is 137 Å². The van der Waals surface area contributed by atoms with Gasteiger partial charge in [0, 0.05) is 5.56 Å². The van der Waals surface area contributed by atoms with Crippen LogP contribution in [0.4, 0.5) is 4.39 Å². The zero-order valence-electron chi connectivity index (χ0n) is 12.2. The van der Waals surface area contributed by atoms with Crippen LogP contribution in [0.25, 0.3) is 11.4 Å². The predicted molar refractivity (Wildman–Crippen MR) is 88.8 cm³/mol. The fourth-order valence-corrected chi connectivity index (χ4v) is 2.21. The maximum Gasteiger partial charge on any atom is 0.216 e. The number of aromatic nitrogens is 3. The van der Waals surface area contributed by atoms with Crippen molar-refractivity contribution in [2.75, 3.05) is 7.11 Å². The maximum atomic E-state index is 13.1. The Morgan fingerprint density at radius 3 is 2.78 bits per heavy atom. The van der Waals surface area contributed by atoms with Crippen molar-refractivity contribution in [2.24, 2.45) is 5.10 Å². The number of aromatic amines is 1. The van der Waals surface area contributed by atoms with Gasteiger partial charge in [0.1, 0.15) is 11.6 Å². The molecule has 1 aromatic heterocycles. The Morgan fingerprint density at radius 2 is 2.04 bits per heavy atom. The molecule has 23 heavy (non-hydrogen) atoms. The van der Waals surface area contributed by atoms with Gasteiger partial charge >= 0.3 is 0 Å². The van der Waals surface area contributed by atoms with Crippen LogP contribution < -0.4 is 4.74 Å². The summed E-state index contributed by atoms with van der Waals surface area (Å²) in [5, 5.41) is 11.2. The molecule has 1 heterocycles. The topological polar surface area (TPSA) is 55.2 Å². The number of nitrogens with one attached hydrogen (secondary N) is 1. The summed E-state index contributed by atoms with van der Waals surface area (Å²) in [6.45, 7) is 0. The van der Waals surface area contributed by atoms with Crippen molar-refractivity contribution in [3.8, 4) is 17.1 Å². The summed E-state index contributed by atoms with van der Waals surface area (Å²) in [6.07, 6.45) is 1.65. The number of halogens is 1. The Bertz CT molecular complexity index is 899. The van der Waals surface area contributed by atoms with E-state index in [1.54, 1.807) is 25.5 Å². The molecule has 0 aliphatic heterocycles. The van der Waals surface area contributed by atoms with Crippen molar-refractivity contribution in [1.29, 1.82) is 0 Å². The lowest BCUT2D eigenvalue weighted by Gasteiger charge is -2.02. The fourth-order valence-electron chi connectivity index (χ4n) is 2.03. The predicted octanol–water partition coefficient (Wildman–Crippen LogP) is 3.64. The fraction of sp³-hybridized carbons (Fsp3) is 0.0625. The smallest absolute Gasteiger partial charge is 0.216 e. The molecule has 0 radical (unpaired) electrons. The van der Waals surface area contributed by atoms with Crippen LogP contribution in [-0.2, 0) is 0 Å². The van der Waals surface area contributed by atoms with E-state index in [9.17, 15) is 4.39 Å². The van der Waals surface area contributed by atoms with Crippen molar-refractivity contribution < 1.29 is 9.13 Å². The number of methoxy groups -OCH3 is 1. The number of benzene rings is 2. The molecule has 2 aromatic carbocycles. The zero-order valence-corrected chi connectivity index (χ0v) is 13.0. The Kier molecular flexibility index (Phi) is 4.29. The third-order valence-corrected chi connectivity index (χ3v) is 3.43. The molecule has 116 valence electrons. The first-order valence-corrected chi connectivity index (χ1v) is 7.20. The number of ether oxygens (including phenoxy) is 1. The van der Waals surface area contributed by atoms with Crippen LogP contribution in [0.3, 0.4) is 0 Å². The number of rotatable bonds is 4. The molecule has 0 amide bonds. The molecule has 0 saturated carbocycles. The molecular formula is C16H13FN4OS. The van der Waals surface area contributed by atoms with Gasteiger partial charge in [0.15, 0.2) is 5.82 Å². The molecule has 1 N–H and O–H groups in total. The number of hydrogen-bond donors (Lipinski definition) is 1. The van der Waals surface area contributed by atoms with Gasteiger partial charge in [-0.25, -0.2) is 9.49 Å². The van der Waals surface area contributed by atoms with Crippen molar-refractivity contribution in [3.05, 3.63) is 64.7 Å². The maximum absolute atomic E-state index is 13.1. The second-order valence-corrected chi connectivity index (χ2v) is 5.08. The van der Waals surface area contributed by atoms with Crippen LogP contribution in [0.1, 0.15) is 5.56 Å². The van der Waals surface area contributed by atoms with E-state index in [-0.39, 0.29) is 5.82 Å². The molecule has 0 spiro atoms. The highest BCUT2D eigenvalue weighted by Gasteiger charge is 2.08. The van der Waals surface area contributed by atoms with Gasteiger partial charge in [-0.05, 0) is 54.2 Å². The van der Waals surface area contributed by atoms with E-state index in [0.717, 1.165) is 11.3 Å². The van der Waals surface area contributed by atoms with Gasteiger partial charge in [-0.2, -0.15) is 14.9 Å². The van der Waals surface area contributed by atoms with Crippen LogP contribution in [0, 0.1) is 10.6 Å². The lowest BCUT2D eigenvalue weighted by atomic mass is 10.2. The summed E-state index contributed by atoms with van der Waals surface area (Å²) < 4.78 is 20.1. The van der Waals surface area contributed by atoms with Gasteiger partial charge < -0.3 is 4.74 Å². The zero-order chi connectivity index (χ0) is 16.2. The van der Waals surface area contributed by atoms with E-state index >= 15 is 0 Å². The molecule has 3 aromatic rings. The third kappa shape index (κ3) is 3.35. The van der Waals surface area contributed by atoms with Gasteiger partial charge in [0.2, 0.25) is 4.77 Å². The molecule has 3 rings (SSSR count). The summed E-state index contributed by atoms with van der Waals surface area (Å²) in [7, 11) is 1.61. The van der Waals surface area contributed by atoms with Crippen LogP contribution in [0.5, 0.6) is 5.75 Å². The first-order valence-electron chi connectivity index (χ1n) is 6.79. The minimum Gasteiger partial charge on any atom is -0.497 e. The average Bonchev–Trinajstić information content (AvgIpc) is 2.94. The molecule has 0 aliphatic rings. The van der Waals surface area contributed by atoms with Gasteiger partial charge in [0.05, 0.1) is 13.3 Å². The molecule has 7 heteroatoms. The first kappa shape index (κ1) is 15.1. The molecule has 0 bridgehead atoms. The highest BCUT2D eigenvalue weighted by molar-refractivity contribution is 7.71. The first-order chi connectivity index (χ1) is 11.2. The standard InChI is InChI=1S/C16H13FN4OS/c1-22-14-4-2-3-11(9-14)10-18-21-15(19-20-16(21)23)12-5-7-13(17)8-6-12/h2-10H,1H3,(H,20,23)/b18-10-. The molecule has 0 fully saturated rings. The highest BCUT2D eigenvalue weighted by atomic mass is 32.1. The summed E-state index contributed by atoms with van der Waals surface area (Å²) in [6, 6.07) is 13.4. The van der Waals surface area contributed by atoms with Crippen LogP contribution in [-0.4, -0.2) is 28.2 Å². The minimum absolute atomic E-state index is 0.311. The Balaban J connectivity index is 1.97. The van der Waals surface area contributed by atoms with E-state index in [1.165, 1.54) is 16.8 Å². The average molecular weight is 328 g/mol. The van der Waals surface area contributed by atoms with Crippen molar-refractivity contribution in [3.63, 3.8) is 0 Å². The molecule has 5 nitrogen and oxygen atoms in total. The number of nitrogens with zero attached hydrogens (tertiary/aromatic N) is 3. The van der Waals surface area contributed by atoms with E-state index in [0.29, 0.717) is 16.2 Å². The summed E-state index contributed by atoms with van der Waals surface area (Å²) in [4.78, 5) is 0. The second-order valence-electron chi connectivity index (χ2n) is 4.69. The minimum atomic E-state index is -0.311. The van der Waals surface area contributed by atoms with Crippen molar-refractivity contribution in [2.45, 2.75) is 0 Å². The van der Waals surface area contributed by atoms with E-state index in [1.807, 2.05) is 24.3 Å². The third-order valence-electron chi connectivity index (χ3n) is 3.17. The molecule has 0 saturated heterocycles. The van der Waals surface area contributed by atoms with Crippen molar-refractivity contribution >= 4 is 18.4 Å². The van der Waals surface area contributed by atoms with Gasteiger partial charge in [-0.15, -0.1) is 0 Å². The quantitative estimate of drug-likeness (QED) is 0.588. The highest BCUT2D eigenvalue weighted by Crippen LogP contribution is 2.18. The van der Waals surface area contributed by atoms with Crippen LogP contribution in [0.2, 0.25) is 0 Å². The second kappa shape index (κ2) is 6.53. The lowest BCUT2D eigenvalue weighted by Crippen LogP contribution is -1.95. The van der Waals surface area contributed by atoms with E-state index < -0.39 is 0 Å². The Hall–Kier alpha value is -2.80. The number of H-pyrrole nitrogens is 1. The van der Waals surface area contributed by atoms with E-state index in [2.05, 4.69) is 15.3 Å². The molecule has 0 aliphatic carbocycles. The van der Waals surface area contributed by atoms with Crippen molar-refractivity contribution in [1.82, 2.24) is 14.9 Å². The lowest BCUT2D eigenvalue weighted by molar-refractivity contribution is 0.415. The summed E-state index contributed by atoms with van der Waals surface area (Å²) in [5.41, 5.74) is 1.57. The van der Waals surface area contributed by atoms with Gasteiger partial charge in [-0.3, -0.25) is 0 Å². The largest absolute Gasteiger partial charge is 0.497 e. The van der Waals surface area contributed by atoms with Crippen LogP contribution in [0.15, 0.2) is 53.6 Å². The normalized spacial score (nSPS) is 11.0. The summed E-state index contributed by atoms with van der Waals surface area (Å²) >= 11 is 5.20. The SMILES string of the molecule is COc1cccc(/C=N\n2c(-c3ccc(F)cc3)n[nH]c2=S)c1. The van der Waals surface area contributed by atoms with Gasteiger partial charge in [0.25, 0.3) is 0 Å². The molecule has 0 atom stereocenters.